The van der Waals surface area contributed by atoms with Gasteiger partial charge in [0.2, 0.25) is 0 Å². The number of hydrogen-bond acceptors (Lipinski definition) is 1. The highest BCUT2D eigenvalue weighted by Gasteiger charge is 2.24. The smallest absolute Gasteiger partial charge is 0.0255 e. The molecule has 1 heterocycles. The first-order valence-corrected chi connectivity index (χ1v) is 9.50. The highest BCUT2D eigenvalue weighted by molar-refractivity contribution is 9.10. The normalized spacial score (nSPS) is 18.5. The molecule has 0 amide bonds. The minimum absolute atomic E-state index is 0.555. The van der Waals surface area contributed by atoms with E-state index in [0.717, 1.165) is 16.8 Å². The first kappa shape index (κ1) is 15.5. The van der Waals surface area contributed by atoms with Crippen molar-refractivity contribution < 1.29 is 0 Å². The molecule has 1 aliphatic heterocycles. The molecule has 21 heavy (non-hydrogen) atoms. The first-order valence-electron chi connectivity index (χ1n) is 7.29. The maximum atomic E-state index is 6.22. The Morgan fingerprint density at radius 2 is 1.90 bits per heavy atom. The lowest BCUT2D eigenvalue weighted by Crippen LogP contribution is -2.14. The number of alkyl halides is 1. The second-order valence-corrected chi connectivity index (χ2v) is 8.20. The molecule has 0 aromatic heterocycles. The molecule has 3 rings (SSSR count). The lowest BCUT2D eigenvalue weighted by Gasteiger charge is -2.18. The third-order valence-corrected chi connectivity index (χ3v) is 6.28. The number of thioether (sulfide) groups is 1. The van der Waals surface area contributed by atoms with Crippen molar-refractivity contribution in [3.63, 3.8) is 0 Å². The molecule has 110 valence electrons. The zero-order valence-electron chi connectivity index (χ0n) is 11.8. The van der Waals surface area contributed by atoms with Crippen LogP contribution in [-0.4, -0.2) is 11.1 Å². The molecule has 0 bridgehead atoms. The fraction of sp³-hybridized carbons (Fsp3) is 0.333. The van der Waals surface area contributed by atoms with E-state index in [1.807, 2.05) is 11.8 Å². The van der Waals surface area contributed by atoms with E-state index >= 15 is 0 Å². The zero-order valence-corrected chi connectivity index (χ0v) is 14.9. The maximum absolute atomic E-state index is 6.22. The molecular formula is C18H18BrClS. The molecule has 1 aliphatic rings. The average Bonchev–Trinajstić information content (AvgIpc) is 2.91. The van der Waals surface area contributed by atoms with Crippen LogP contribution in [0, 0.1) is 5.92 Å². The molecule has 2 unspecified atom stereocenters. The van der Waals surface area contributed by atoms with Gasteiger partial charge in [0.1, 0.15) is 0 Å². The average molecular weight is 382 g/mol. The largest absolute Gasteiger partial charge is 0.126 e. The molecule has 0 saturated heterocycles. The van der Waals surface area contributed by atoms with Gasteiger partial charge in [0, 0.05) is 20.5 Å². The van der Waals surface area contributed by atoms with Gasteiger partial charge in [-0.25, -0.2) is 0 Å². The summed E-state index contributed by atoms with van der Waals surface area (Å²) in [5.41, 5.74) is 2.88. The van der Waals surface area contributed by atoms with Gasteiger partial charge < -0.3 is 0 Å². The lowest BCUT2D eigenvalue weighted by atomic mass is 9.94. The number of fused-ring (bicyclic) bond motifs is 1. The minimum Gasteiger partial charge on any atom is -0.126 e. The van der Waals surface area contributed by atoms with E-state index in [1.165, 1.54) is 28.9 Å². The third kappa shape index (κ3) is 4.06. The van der Waals surface area contributed by atoms with E-state index in [0.29, 0.717) is 11.2 Å². The van der Waals surface area contributed by atoms with Crippen molar-refractivity contribution in [2.24, 2.45) is 5.92 Å². The van der Waals surface area contributed by atoms with Gasteiger partial charge in [0.25, 0.3) is 0 Å². The Balaban J connectivity index is 1.60. The summed E-state index contributed by atoms with van der Waals surface area (Å²) in [5, 5.41) is 0.682. The van der Waals surface area contributed by atoms with E-state index in [-0.39, 0.29) is 0 Å². The van der Waals surface area contributed by atoms with Gasteiger partial charge in [-0.3, -0.25) is 0 Å². The molecule has 0 aliphatic carbocycles. The molecule has 0 nitrogen and oxygen atoms in total. The Morgan fingerprint density at radius 3 is 2.62 bits per heavy atom. The van der Waals surface area contributed by atoms with Crippen LogP contribution in [0.1, 0.15) is 17.5 Å². The summed E-state index contributed by atoms with van der Waals surface area (Å²) in [4.78, 5) is 1.46. The minimum atomic E-state index is 0.555. The van der Waals surface area contributed by atoms with E-state index < -0.39 is 0 Å². The van der Waals surface area contributed by atoms with Gasteiger partial charge in [0.15, 0.2) is 0 Å². The molecular weight excluding hydrogens is 364 g/mol. The Hall–Kier alpha value is -0.440. The fourth-order valence-electron chi connectivity index (χ4n) is 2.91. The van der Waals surface area contributed by atoms with Crippen molar-refractivity contribution in [1.29, 1.82) is 0 Å². The van der Waals surface area contributed by atoms with Crippen LogP contribution >= 0.6 is 39.3 Å². The second-order valence-electron chi connectivity index (χ2n) is 5.64. The van der Waals surface area contributed by atoms with Crippen LogP contribution in [0.25, 0.3) is 0 Å². The molecule has 0 radical (unpaired) electrons. The summed E-state index contributed by atoms with van der Waals surface area (Å²) >= 11 is 11.7. The van der Waals surface area contributed by atoms with Crippen LogP contribution in [0.15, 0.2) is 57.9 Å². The monoisotopic (exact) mass is 380 g/mol. The van der Waals surface area contributed by atoms with E-state index in [9.17, 15) is 0 Å². The van der Waals surface area contributed by atoms with Gasteiger partial charge in [-0.2, -0.15) is 0 Å². The van der Waals surface area contributed by atoms with Gasteiger partial charge in [0.05, 0.1) is 0 Å². The highest BCUT2D eigenvalue weighted by Crippen LogP contribution is 2.40. The van der Waals surface area contributed by atoms with E-state index in [2.05, 4.69) is 64.5 Å². The Labute approximate surface area is 144 Å². The number of halogens is 2. The van der Waals surface area contributed by atoms with Gasteiger partial charge >= 0.3 is 0 Å². The molecule has 2 atom stereocenters. The van der Waals surface area contributed by atoms with Crippen LogP contribution in [0.2, 0.25) is 0 Å². The van der Waals surface area contributed by atoms with Crippen LogP contribution in [0.4, 0.5) is 0 Å². The van der Waals surface area contributed by atoms with Gasteiger partial charge in [-0.05, 0) is 54.5 Å². The fourth-order valence-corrected chi connectivity index (χ4v) is 4.86. The van der Waals surface area contributed by atoms with Crippen molar-refractivity contribution in [2.75, 3.05) is 5.88 Å². The summed E-state index contributed by atoms with van der Waals surface area (Å²) < 4.78 is 1.13. The van der Waals surface area contributed by atoms with Crippen LogP contribution in [0.3, 0.4) is 0 Å². The van der Waals surface area contributed by atoms with Crippen molar-refractivity contribution in [3.05, 3.63) is 64.1 Å². The SMILES string of the molecule is ClCC(Cc1ccc(Br)cc1)CC1Cc2ccccc2S1. The molecule has 0 spiro atoms. The molecule has 2 aromatic carbocycles. The third-order valence-electron chi connectivity index (χ3n) is 3.97. The number of benzene rings is 2. The second kappa shape index (κ2) is 7.21. The molecule has 0 saturated carbocycles. The molecule has 0 N–H and O–H groups in total. The summed E-state index contributed by atoms with van der Waals surface area (Å²) in [6, 6.07) is 17.4. The summed E-state index contributed by atoms with van der Waals surface area (Å²) in [6.07, 6.45) is 3.46. The van der Waals surface area contributed by atoms with Crippen molar-refractivity contribution in [3.8, 4) is 0 Å². The Morgan fingerprint density at radius 1 is 1.14 bits per heavy atom. The lowest BCUT2D eigenvalue weighted by molar-refractivity contribution is 0.524. The van der Waals surface area contributed by atoms with Crippen molar-refractivity contribution in [2.45, 2.75) is 29.4 Å². The number of hydrogen-bond donors (Lipinski definition) is 0. The highest BCUT2D eigenvalue weighted by atomic mass is 79.9. The molecule has 0 fully saturated rings. The maximum Gasteiger partial charge on any atom is 0.0255 e. The summed E-state index contributed by atoms with van der Waals surface area (Å²) in [5.74, 6) is 1.29. The summed E-state index contributed by atoms with van der Waals surface area (Å²) in [6.45, 7) is 0. The van der Waals surface area contributed by atoms with Crippen molar-refractivity contribution in [1.82, 2.24) is 0 Å². The number of rotatable bonds is 5. The first-order chi connectivity index (χ1) is 10.2. The van der Waals surface area contributed by atoms with Crippen LogP contribution < -0.4 is 0 Å². The molecule has 3 heteroatoms. The summed E-state index contributed by atoms with van der Waals surface area (Å²) in [7, 11) is 0. The Kier molecular flexibility index (Phi) is 5.31. The van der Waals surface area contributed by atoms with Crippen molar-refractivity contribution >= 4 is 39.3 Å². The van der Waals surface area contributed by atoms with Gasteiger partial charge in [-0.1, -0.05) is 46.3 Å². The Bertz CT molecular complexity index is 571. The van der Waals surface area contributed by atoms with E-state index in [1.54, 1.807) is 0 Å². The zero-order chi connectivity index (χ0) is 14.7. The van der Waals surface area contributed by atoms with Crippen LogP contribution in [0.5, 0.6) is 0 Å². The topological polar surface area (TPSA) is 0 Å². The van der Waals surface area contributed by atoms with Crippen LogP contribution in [-0.2, 0) is 12.8 Å². The standard InChI is InChI=1S/C18H18BrClS/c19-16-7-5-13(6-8-16)9-14(12-20)10-17-11-15-3-1-2-4-18(15)21-17/h1-8,14,17H,9-12H2. The predicted molar refractivity (Wildman–Crippen MR) is 96.5 cm³/mol. The van der Waals surface area contributed by atoms with E-state index in [4.69, 9.17) is 11.6 Å². The predicted octanol–water partition coefficient (Wildman–Crippen LogP) is 5.95. The molecule has 2 aromatic rings. The van der Waals surface area contributed by atoms with Gasteiger partial charge in [-0.15, -0.1) is 23.4 Å². The quantitative estimate of drug-likeness (QED) is 0.576.